The second-order valence-electron chi connectivity index (χ2n) is 11.0. The Balaban J connectivity index is 1.28. The van der Waals surface area contributed by atoms with Crippen molar-refractivity contribution >= 4 is 23.5 Å². The highest BCUT2D eigenvalue weighted by atomic mass is 19.1. The molecule has 0 saturated carbocycles. The molecule has 4 rings (SSSR count). The van der Waals surface area contributed by atoms with Crippen LogP contribution >= 0.6 is 0 Å². The molecule has 2 fully saturated rings. The largest absolute Gasteiger partial charge is 0.444 e. The number of halogens is 1. The van der Waals surface area contributed by atoms with Gasteiger partial charge in [-0.05, 0) is 81.3 Å². The maximum atomic E-state index is 13.3. The molecule has 2 aromatic carbocycles. The van der Waals surface area contributed by atoms with Crippen molar-refractivity contribution < 1.29 is 18.7 Å². The highest BCUT2D eigenvalue weighted by Gasteiger charge is 2.34. The van der Waals surface area contributed by atoms with Gasteiger partial charge in [0.15, 0.2) is 0 Å². The number of amides is 3. The minimum Gasteiger partial charge on any atom is -0.444 e. The number of urea groups is 1. The molecule has 2 aliphatic heterocycles. The van der Waals surface area contributed by atoms with Gasteiger partial charge in [0.2, 0.25) is 0 Å². The van der Waals surface area contributed by atoms with E-state index in [-0.39, 0.29) is 24.0 Å². The van der Waals surface area contributed by atoms with Crippen LogP contribution in [0.2, 0.25) is 0 Å². The average Bonchev–Trinajstić information content (AvgIpc) is 2.81. The maximum Gasteiger partial charge on any atom is 0.410 e. The first kappa shape index (κ1) is 26.5. The van der Waals surface area contributed by atoms with Crippen LogP contribution in [-0.4, -0.2) is 59.7 Å². The van der Waals surface area contributed by atoms with E-state index in [2.05, 4.69) is 22.1 Å². The summed E-state index contributed by atoms with van der Waals surface area (Å²) in [7, 11) is 0. The Morgan fingerprint density at radius 2 is 1.68 bits per heavy atom. The quantitative estimate of drug-likeness (QED) is 0.541. The fraction of sp³-hybridized carbons (Fsp3) is 0.448. The summed E-state index contributed by atoms with van der Waals surface area (Å²) in [5.74, 6) is 0.212. The fourth-order valence-electron chi connectivity index (χ4n) is 4.73. The first-order valence-corrected chi connectivity index (χ1v) is 12.8. The van der Waals surface area contributed by atoms with Gasteiger partial charge in [0.25, 0.3) is 0 Å². The van der Waals surface area contributed by atoms with E-state index in [4.69, 9.17) is 4.74 Å². The Hall–Kier alpha value is -3.55. The number of piperidine rings is 1. The third-order valence-electron chi connectivity index (χ3n) is 6.91. The van der Waals surface area contributed by atoms with Crippen LogP contribution in [-0.2, 0) is 4.74 Å². The molecular formula is C29H37FN4O3. The molecule has 0 atom stereocenters. The lowest BCUT2D eigenvalue weighted by Gasteiger charge is -2.39. The highest BCUT2D eigenvalue weighted by Crippen LogP contribution is 2.32. The van der Waals surface area contributed by atoms with Gasteiger partial charge in [-0.25, -0.2) is 14.0 Å². The number of carbonyl (C=O) groups excluding carboxylic acids is 2. The van der Waals surface area contributed by atoms with Gasteiger partial charge in [-0.2, -0.15) is 0 Å². The van der Waals surface area contributed by atoms with Crippen molar-refractivity contribution in [1.29, 1.82) is 0 Å². The molecule has 2 aliphatic rings. The average molecular weight is 509 g/mol. The number of nitrogens with one attached hydrogen (secondary N) is 2. The van der Waals surface area contributed by atoms with Crippen LogP contribution in [0, 0.1) is 12.7 Å². The summed E-state index contributed by atoms with van der Waals surface area (Å²) in [5.41, 5.74) is 4.19. The molecule has 2 saturated heterocycles. The van der Waals surface area contributed by atoms with Crippen molar-refractivity contribution in [2.24, 2.45) is 0 Å². The summed E-state index contributed by atoms with van der Waals surface area (Å²) < 4.78 is 18.6. The number of ether oxygens (including phenoxy) is 1. The van der Waals surface area contributed by atoms with E-state index < -0.39 is 5.60 Å². The molecule has 37 heavy (non-hydrogen) atoms. The van der Waals surface area contributed by atoms with Crippen LogP contribution in [0.5, 0.6) is 0 Å². The third kappa shape index (κ3) is 6.81. The van der Waals surface area contributed by atoms with Gasteiger partial charge in [0, 0.05) is 37.6 Å². The van der Waals surface area contributed by atoms with E-state index in [1.54, 1.807) is 4.90 Å². The van der Waals surface area contributed by atoms with Gasteiger partial charge in [0.1, 0.15) is 11.4 Å². The smallest absolute Gasteiger partial charge is 0.410 e. The first-order valence-electron chi connectivity index (χ1n) is 12.8. The predicted octanol–water partition coefficient (Wildman–Crippen LogP) is 5.73. The van der Waals surface area contributed by atoms with Gasteiger partial charge < -0.3 is 25.2 Å². The second kappa shape index (κ2) is 10.8. The Morgan fingerprint density at radius 1 is 1.03 bits per heavy atom. The molecule has 0 aromatic heterocycles. The van der Waals surface area contributed by atoms with Crippen LogP contribution in [0.1, 0.15) is 56.2 Å². The molecular weight excluding hydrogens is 471 g/mol. The fourth-order valence-corrected chi connectivity index (χ4v) is 4.73. The van der Waals surface area contributed by atoms with E-state index in [9.17, 15) is 14.0 Å². The number of rotatable bonds is 5. The summed E-state index contributed by atoms with van der Waals surface area (Å²) in [6.45, 7) is 14.3. The van der Waals surface area contributed by atoms with Gasteiger partial charge in [0.05, 0.1) is 6.04 Å². The Morgan fingerprint density at radius 3 is 2.30 bits per heavy atom. The summed E-state index contributed by atoms with van der Waals surface area (Å²) in [5, 5.41) is 5.87. The SMILES string of the molecule is C=C(c1ccc(C)c(NC(=O)NC2CN(C(=O)OC(C)(C)C)C2)c1)N1CCC(c2ccc(F)cc2)CC1. The Bertz CT molecular complexity index is 1140. The molecule has 2 heterocycles. The lowest BCUT2D eigenvalue weighted by Crippen LogP contribution is -2.62. The molecule has 7 nitrogen and oxygen atoms in total. The van der Waals surface area contributed by atoms with Crippen LogP contribution in [0.4, 0.5) is 19.7 Å². The Labute approximate surface area is 218 Å². The zero-order chi connectivity index (χ0) is 26.7. The summed E-state index contributed by atoms with van der Waals surface area (Å²) in [6, 6.07) is 12.4. The number of carbonyl (C=O) groups is 2. The predicted molar refractivity (Wildman–Crippen MR) is 144 cm³/mol. The van der Waals surface area contributed by atoms with Gasteiger partial charge in [-0.15, -0.1) is 0 Å². The highest BCUT2D eigenvalue weighted by molar-refractivity contribution is 5.91. The molecule has 2 N–H and O–H groups in total. The monoisotopic (exact) mass is 508 g/mol. The number of anilines is 1. The molecule has 3 amide bonds. The van der Waals surface area contributed by atoms with Crippen LogP contribution in [0.15, 0.2) is 49.0 Å². The van der Waals surface area contributed by atoms with Crippen molar-refractivity contribution in [1.82, 2.24) is 15.1 Å². The maximum absolute atomic E-state index is 13.3. The van der Waals surface area contributed by atoms with Crippen molar-refractivity contribution in [2.45, 2.75) is 58.1 Å². The van der Waals surface area contributed by atoms with E-state index in [1.165, 1.54) is 17.7 Å². The standard InChI is InChI=1S/C29H37FN4O3/c1-19-6-7-23(20(2)33-14-12-22(13-15-33)21-8-10-24(30)11-9-21)16-26(19)32-27(35)31-25-17-34(18-25)28(36)37-29(3,4)5/h6-11,16,22,25H,2,12-15,17-18H2,1,3-5H3,(H2,31,32,35). The van der Waals surface area contributed by atoms with Crippen molar-refractivity contribution in [3.05, 3.63) is 71.6 Å². The van der Waals surface area contributed by atoms with Gasteiger partial charge >= 0.3 is 12.1 Å². The van der Waals surface area contributed by atoms with Crippen molar-refractivity contribution in [2.75, 3.05) is 31.5 Å². The number of nitrogens with zero attached hydrogens (tertiary/aromatic N) is 2. The third-order valence-corrected chi connectivity index (χ3v) is 6.91. The van der Waals surface area contributed by atoms with E-state index in [1.807, 2.05) is 58.0 Å². The first-order chi connectivity index (χ1) is 17.5. The number of hydrogen-bond donors (Lipinski definition) is 2. The molecule has 0 unspecified atom stereocenters. The number of likely N-dealkylation sites (tertiary alicyclic amines) is 2. The summed E-state index contributed by atoms with van der Waals surface area (Å²) >= 11 is 0. The number of hydrogen-bond acceptors (Lipinski definition) is 4. The molecule has 0 aliphatic carbocycles. The van der Waals surface area contributed by atoms with E-state index in [0.717, 1.165) is 48.4 Å². The Kier molecular flexibility index (Phi) is 7.76. The summed E-state index contributed by atoms with van der Waals surface area (Å²) in [6.07, 6.45) is 1.59. The molecule has 0 spiro atoms. The van der Waals surface area contributed by atoms with Crippen molar-refractivity contribution in [3.8, 4) is 0 Å². The van der Waals surface area contributed by atoms with E-state index in [0.29, 0.717) is 19.0 Å². The topological polar surface area (TPSA) is 73.9 Å². The van der Waals surface area contributed by atoms with Crippen molar-refractivity contribution in [3.63, 3.8) is 0 Å². The normalized spacial score (nSPS) is 16.7. The molecule has 0 bridgehead atoms. The van der Waals surface area contributed by atoms with Crippen LogP contribution in [0.3, 0.4) is 0 Å². The lowest BCUT2D eigenvalue weighted by atomic mass is 9.89. The number of aryl methyl sites for hydroxylation is 1. The molecule has 8 heteroatoms. The second-order valence-corrected chi connectivity index (χ2v) is 11.0. The van der Waals surface area contributed by atoms with Crippen LogP contribution < -0.4 is 10.6 Å². The minimum atomic E-state index is -0.544. The zero-order valence-electron chi connectivity index (χ0n) is 22.1. The van der Waals surface area contributed by atoms with Crippen LogP contribution in [0.25, 0.3) is 5.70 Å². The van der Waals surface area contributed by atoms with Gasteiger partial charge in [-0.1, -0.05) is 30.8 Å². The summed E-state index contributed by atoms with van der Waals surface area (Å²) in [4.78, 5) is 28.6. The van der Waals surface area contributed by atoms with E-state index >= 15 is 0 Å². The molecule has 0 radical (unpaired) electrons. The minimum absolute atomic E-state index is 0.117. The zero-order valence-corrected chi connectivity index (χ0v) is 22.1. The molecule has 198 valence electrons. The molecule has 2 aromatic rings. The van der Waals surface area contributed by atoms with Gasteiger partial charge in [-0.3, -0.25) is 0 Å². The number of benzene rings is 2. The lowest BCUT2D eigenvalue weighted by molar-refractivity contribution is 0.00649.